The van der Waals surface area contributed by atoms with Crippen LogP contribution >= 0.6 is 15.9 Å². The van der Waals surface area contributed by atoms with Gasteiger partial charge in [-0.15, -0.1) is 0 Å². The van der Waals surface area contributed by atoms with Crippen LogP contribution in [0.5, 0.6) is 11.5 Å². The van der Waals surface area contributed by atoms with Gasteiger partial charge >= 0.3 is 5.97 Å². The van der Waals surface area contributed by atoms with Crippen molar-refractivity contribution in [3.63, 3.8) is 0 Å². The van der Waals surface area contributed by atoms with Crippen LogP contribution in [-0.2, 0) is 19.1 Å². The second-order valence-corrected chi connectivity index (χ2v) is 8.23. The zero-order valence-corrected chi connectivity index (χ0v) is 20.4. The molecular formula is C24H27BrN2O7. The van der Waals surface area contributed by atoms with Crippen LogP contribution in [0.25, 0.3) is 0 Å². The number of rotatable bonds is 11. The Labute approximate surface area is 206 Å². The summed E-state index contributed by atoms with van der Waals surface area (Å²) in [5.41, 5.74) is 0.371. The third kappa shape index (κ3) is 7.19. The number of hydrogen-bond donors (Lipinski definition) is 1. The third-order valence-electron chi connectivity index (χ3n) is 5.03. The van der Waals surface area contributed by atoms with E-state index in [0.717, 1.165) is 0 Å². The van der Waals surface area contributed by atoms with Crippen molar-refractivity contribution in [3.8, 4) is 11.5 Å². The molecule has 1 unspecified atom stereocenters. The van der Waals surface area contributed by atoms with Gasteiger partial charge in [0, 0.05) is 25.8 Å². The molecule has 0 aromatic heterocycles. The lowest BCUT2D eigenvalue weighted by Crippen LogP contribution is -2.57. The van der Waals surface area contributed by atoms with Crippen LogP contribution in [0.15, 0.2) is 53.0 Å². The number of para-hydroxylation sites is 1. The molecule has 9 nitrogen and oxygen atoms in total. The van der Waals surface area contributed by atoms with Crippen molar-refractivity contribution in [2.24, 2.45) is 0 Å². The number of hydrogen-bond acceptors (Lipinski definition) is 7. The van der Waals surface area contributed by atoms with E-state index in [1.165, 1.54) is 4.90 Å². The number of methoxy groups -OCH3 is 1. The molecule has 2 amide bonds. The lowest BCUT2D eigenvalue weighted by molar-refractivity contribution is -0.148. The first-order valence-corrected chi connectivity index (χ1v) is 11.6. The summed E-state index contributed by atoms with van der Waals surface area (Å²) in [6, 6.07) is 13.1. The van der Waals surface area contributed by atoms with Gasteiger partial charge in [-0.05, 0) is 46.3 Å². The van der Waals surface area contributed by atoms with E-state index in [2.05, 4.69) is 21.2 Å². The summed E-state index contributed by atoms with van der Waals surface area (Å²) in [6.07, 6.45) is -0.248. The highest BCUT2D eigenvalue weighted by atomic mass is 79.9. The number of benzene rings is 2. The predicted molar refractivity (Wildman–Crippen MR) is 127 cm³/mol. The van der Waals surface area contributed by atoms with E-state index in [1.807, 2.05) is 18.2 Å². The van der Waals surface area contributed by atoms with Gasteiger partial charge in [0.25, 0.3) is 5.91 Å². The molecule has 1 fully saturated rings. The van der Waals surface area contributed by atoms with Gasteiger partial charge in [-0.1, -0.05) is 18.2 Å². The third-order valence-corrected chi connectivity index (χ3v) is 5.65. The molecule has 0 bridgehead atoms. The quantitative estimate of drug-likeness (QED) is 0.348. The summed E-state index contributed by atoms with van der Waals surface area (Å²) in [5.74, 6) is -0.0921. The van der Waals surface area contributed by atoms with E-state index in [-0.39, 0.29) is 32.1 Å². The van der Waals surface area contributed by atoms with Crippen LogP contribution in [0.4, 0.5) is 0 Å². The number of nitrogens with zero attached hydrogens (tertiary/aromatic N) is 1. The van der Waals surface area contributed by atoms with E-state index in [1.54, 1.807) is 37.4 Å². The zero-order valence-electron chi connectivity index (χ0n) is 18.8. The lowest BCUT2D eigenvalue weighted by atomic mass is 10.1. The smallest absolute Gasteiger partial charge is 0.308 e. The van der Waals surface area contributed by atoms with E-state index < -0.39 is 17.9 Å². The molecule has 0 saturated carbocycles. The average molecular weight is 535 g/mol. The molecule has 1 N–H and O–H groups in total. The van der Waals surface area contributed by atoms with Gasteiger partial charge in [0.1, 0.15) is 37.4 Å². The second kappa shape index (κ2) is 13.0. The van der Waals surface area contributed by atoms with Crippen LogP contribution < -0.4 is 14.8 Å². The Morgan fingerprint density at radius 2 is 1.82 bits per heavy atom. The van der Waals surface area contributed by atoms with Gasteiger partial charge in [-0.2, -0.15) is 0 Å². The fourth-order valence-corrected chi connectivity index (χ4v) is 3.85. The van der Waals surface area contributed by atoms with Crippen molar-refractivity contribution in [2.45, 2.75) is 12.5 Å². The number of carbonyl (C=O) groups excluding carboxylic acids is 3. The first-order valence-electron chi connectivity index (χ1n) is 10.8. The maximum absolute atomic E-state index is 13.2. The molecule has 3 rings (SSSR count). The number of amides is 2. The molecule has 0 radical (unpaired) electrons. The topological polar surface area (TPSA) is 103 Å². The largest absolute Gasteiger partial charge is 0.490 e. The van der Waals surface area contributed by atoms with Crippen LogP contribution in [0, 0.1) is 0 Å². The summed E-state index contributed by atoms with van der Waals surface area (Å²) < 4.78 is 21.9. The zero-order chi connectivity index (χ0) is 24.3. The molecule has 0 spiro atoms. The Bertz CT molecular complexity index is 987. The second-order valence-electron chi connectivity index (χ2n) is 7.38. The van der Waals surface area contributed by atoms with Crippen molar-refractivity contribution in [1.29, 1.82) is 0 Å². The summed E-state index contributed by atoms with van der Waals surface area (Å²) in [7, 11) is 1.58. The molecule has 2 aromatic rings. The first-order chi connectivity index (χ1) is 16.5. The number of halogens is 1. The summed E-state index contributed by atoms with van der Waals surface area (Å²) in [4.78, 5) is 39.4. The maximum atomic E-state index is 13.2. The summed E-state index contributed by atoms with van der Waals surface area (Å²) in [6.45, 7) is 1.61. The van der Waals surface area contributed by atoms with Crippen LogP contribution in [0.1, 0.15) is 16.8 Å². The molecule has 10 heteroatoms. The minimum atomic E-state index is -0.958. The Kier molecular flexibility index (Phi) is 9.72. The molecule has 0 aliphatic carbocycles. The number of ether oxygens (including phenoxy) is 4. The Hall–Kier alpha value is -3.11. The molecule has 1 saturated heterocycles. The van der Waals surface area contributed by atoms with Crippen molar-refractivity contribution in [2.75, 3.05) is 46.6 Å². The SMILES string of the molecule is COCCOc1ccc(C(=O)N2CCNC(=O)C2CC(=O)OCCOc2ccccc2)cc1Br. The molecule has 1 heterocycles. The molecule has 2 aromatic carbocycles. The molecule has 1 aliphatic heterocycles. The molecule has 1 aliphatic rings. The van der Waals surface area contributed by atoms with E-state index in [9.17, 15) is 14.4 Å². The number of piperazine rings is 1. The van der Waals surface area contributed by atoms with Crippen molar-refractivity contribution in [1.82, 2.24) is 10.2 Å². The fourth-order valence-electron chi connectivity index (χ4n) is 3.36. The Morgan fingerprint density at radius 1 is 1.06 bits per heavy atom. The summed E-state index contributed by atoms with van der Waals surface area (Å²) >= 11 is 3.41. The molecule has 34 heavy (non-hydrogen) atoms. The highest BCUT2D eigenvalue weighted by Crippen LogP contribution is 2.27. The minimum absolute atomic E-state index is 0.0352. The highest BCUT2D eigenvalue weighted by Gasteiger charge is 2.35. The monoisotopic (exact) mass is 534 g/mol. The van der Waals surface area contributed by atoms with E-state index in [4.69, 9.17) is 18.9 Å². The van der Waals surface area contributed by atoms with Crippen molar-refractivity contribution < 1.29 is 33.3 Å². The minimum Gasteiger partial charge on any atom is -0.490 e. The highest BCUT2D eigenvalue weighted by molar-refractivity contribution is 9.10. The average Bonchev–Trinajstić information content (AvgIpc) is 2.84. The van der Waals surface area contributed by atoms with E-state index >= 15 is 0 Å². The summed E-state index contributed by atoms with van der Waals surface area (Å²) in [5, 5.41) is 2.71. The van der Waals surface area contributed by atoms with Gasteiger partial charge in [-0.25, -0.2) is 0 Å². The van der Waals surface area contributed by atoms with Crippen LogP contribution in [0.2, 0.25) is 0 Å². The Morgan fingerprint density at radius 3 is 2.56 bits per heavy atom. The standard InChI is InChI=1S/C24H27BrN2O7/c1-31-11-12-33-21-8-7-17(15-19(21)25)24(30)27-10-9-26-23(29)20(27)16-22(28)34-14-13-32-18-5-3-2-4-6-18/h2-8,15,20H,9-14,16H2,1H3,(H,26,29). The Balaban J connectivity index is 1.57. The van der Waals surface area contributed by atoms with Gasteiger partial charge in [0.2, 0.25) is 5.91 Å². The fraction of sp³-hybridized carbons (Fsp3) is 0.375. The van der Waals surface area contributed by atoms with Gasteiger partial charge < -0.3 is 29.2 Å². The van der Waals surface area contributed by atoms with Crippen molar-refractivity contribution in [3.05, 3.63) is 58.6 Å². The van der Waals surface area contributed by atoms with Gasteiger partial charge in [0.05, 0.1) is 17.5 Å². The lowest BCUT2D eigenvalue weighted by Gasteiger charge is -2.34. The molecule has 182 valence electrons. The van der Waals surface area contributed by atoms with Crippen LogP contribution in [-0.4, -0.2) is 75.4 Å². The number of nitrogens with one attached hydrogen (secondary N) is 1. The first kappa shape index (κ1) is 25.5. The number of carbonyl (C=O) groups is 3. The molecule has 1 atom stereocenters. The number of esters is 1. The predicted octanol–water partition coefficient (Wildman–Crippen LogP) is 2.43. The van der Waals surface area contributed by atoms with Crippen molar-refractivity contribution >= 4 is 33.7 Å². The molecular weight excluding hydrogens is 508 g/mol. The maximum Gasteiger partial charge on any atom is 0.308 e. The normalized spacial score (nSPS) is 15.4. The van der Waals surface area contributed by atoms with Gasteiger partial charge in [0.15, 0.2) is 0 Å². The van der Waals surface area contributed by atoms with Crippen LogP contribution in [0.3, 0.4) is 0 Å². The van der Waals surface area contributed by atoms with Gasteiger partial charge in [-0.3, -0.25) is 14.4 Å². The van der Waals surface area contributed by atoms with E-state index in [0.29, 0.717) is 41.3 Å².